The average Bonchev–Trinajstić information content (AvgIpc) is 3.39. The zero-order valence-corrected chi connectivity index (χ0v) is 17.6. The minimum atomic E-state index is -1.46. The second-order valence-corrected chi connectivity index (χ2v) is 9.31. The van der Waals surface area contributed by atoms with E-state index in [1.54, 1.807) is 0 Å². The van der Waals surface area contributed by atoms with Crippen molar-refractivity contribution in [1.29, 1.82) is 0 Å². The Labute approximate surface area is 181 Å². The Bertz CT molecular complexity index is 1100. The monoisotopic (exact) mass is 421 g/mol. The Morgan fingerprint density at radius 2 is 2.06 bits per heavy atom. The number of alkyl halides is 1. The van der Waals surface area contributed by atoms with Crippen LogP contribution in [0.5, 0.6) is 0 Å². The molecule has 2 aromatic carbocycles. The summed E-state index contributed by atoms with van der Waals surface area (Å²) in [6.45, 7) is 2.28. The molecule has 6 heteroatoms. The SMILES string of the molecule is CC1(c2ccc3[nH]ccc3c2)CC(F)(CN[C@@H]2C[C@H]2c2ccccc2)CCN1C(=O)O. The van der Waals surface area contributed by atoms with Crippen LogP contribution in [-0.2, 0) is 5.54 Å². The van der Waals surface area contributed by atoms with Gasteiger partial charge in [0, 0.05) is 49.6 Å². The lowest BCUT2D eigenvalue weighted by molar-refractivity contribution is -0.0252. The topological polar surface area (TPSA) is 68.4 Å². The maximum atomic E-state index is 16.1. The summed E-state index contributed by atoms with van der Waals surface area (Å²) in [4.78, 5) is 16.6. The number of aromatic amines is 1. The molecule has 5 nitrogen and oxygen atoms in total. The highest BCUT2D eigenvalue weighted by atomic mass is 19.1. The number of hydrogen-bond donors (Lipinski definition) is 3. The predicted molar refractivity (Wildman–Crippen MR) is 119 cm³/mol. The van der Waals surface area contributed by atoms with E-state index >= 15 is 4.39 Å². The molecular formula is C25H28FN3O2. The molecule has 0 bridgehead atoms. The quantitative estimate of drug-likeness (QED) is 0.542. The first-order valence-corrected chi connectivity index (χ1v) is 10.9. The molecule has 1 aliphatic carbocycles. The van der Waals surface area contributed by atoms with Gasteiger partial charge in [-0.25, -0.2) is 9.18 Å². The van der Waals surface area contributed by atoms with Crippen LogP contribution in [0.15, 0.2) is 60.8 Å². The zero-order valence-electron chi connectivity index (χ0n) is 17.6. The fraction of sp³-hybridized carbons (Fsp3) is 0.400. The Balaban J connectivity index is 1.34. The van der Waals surface area contributed by atoms with Crippen LogP contribution in [0.1, 0.15) is 43.2 Å². The third-order valence-electron chi connectivity index (χ3n) is 7.15. The van der Waals surface area contributed by atoms with Crippen molar-refractivity contribution in [1.82, 2.24) is 15.2 Å². The third kappa shape index (κ3) is 3.69. The van der Waals surface area contributed by atoms with Gasteiger partial charge in [0.1, 0.15) is 5.67 Å². The van der Waals surface area contributed by atoms with Crippen LogP contribution >= 0.6 is 0 Å². The number of aromatic nitrogens is 1. The van der Waals surface area contributed by atoms with Gasteiger partial charge in [-0.2, -0.15) is 0 Å². The van der Waals surface area contributed by atoms with Crippen molar-refractivity contribution in [3.63, 3.8) is 0 Å². The number of fused-ring (bicyclic) bond motifs is 1. The van der Waals surface area contributed by atoms with Gasteiger partial charge in [0.15, 0.2) is 0 Å². The Morgan fingerprint density at radius 3 is 2.84 bits per heavy atom. The minimum Gasteiger partial charge on any atom is -0.465 e. The molecule has 0 spiro atoms. The van der Waals surface area contributed by atoms with Crippen LogP contribution in [-0.4, -0.2) is 45.9 Å². The van der Waals surface area contributed by atoms with Gasteiger partial charge in [0.05, 0.1) is 5.54 Å². The molecule has 1 saturated heterocycles. The number of amides is 1. The maximum absolute atomic E-state index is 16.1. The van der Waals surface area contributed by atoms with E-state index in [0.29, 0.717) is 5.92 Å². The van der Waals surface area contributed by atoms with Gasteiger partial charge < -0.3 is 15.4 Å². The number of piperidine rings is 1. The minimum absolute atomic E-state index is 0.137. The molecular weight excluding hydrogens is 393 g/mol. The van der Waals surface area contributed by atoms with E-state index in [9.17, 15) is 9.90 Å². The molecule has 2 fully saturated rings. The number of nitrogens with one attached hydrogen (secondary N) is 2. The maximum Gasteiger partial charge on any atom is 0.408 e. The molecule has 5 rings (SSSR count). The first-order chi connectivity index (χ1) is 14.9. The molecule has 1 aliphatic heterocycles. The van der Waals surface area contributed by atoms with Gasteiger partial charge in [-0.15, -0.1) is 0 Å². The number of nitrogens with zero attached hydrogens (tertiary/aromatic N) is 1. The first-order valence-electron chi connectivity index (χ1n) is 10.9. The number of benzene rings is 2. The van der Waals surface area contributed by atoms with Crippen LogP contribution in [0.25, 0.3) is 10.9 Å². The highest BCUT2D eigenvalue weighted by Crippen LogP contribution is 2.45. The summed E-state index contributed by atoms with van der Waals surface area (Å²) >= 11 is 0. The van der Waals surface area contributed by atoms with Crippen LogP contribution in [0.3, 0.4) is 0 Å². The van der Waals surface area contributed by atoms with Gasteiger partial charge in [-0.1, -0.05) is 36.4 Å². The van der Waals surface area contributed by atoms with Gasteiger partial charge >= 0.3 is 6.09 Å². The van der Waals surface area contributed by atoms with E-state index < -0.39 is 17.3 Å². The summed E-state index contributed by atoms with van der Waals surface area (Å²) in [5.41, 5.74) is 0.723. The number of carboxylic acid groups (broad SMARTS) is 1. The fourth-order valence-electron chi connectivity index (χ4n) is 5.27. The van der Waals surface area contributed by atoms with Crippen LogP contribution in [0.4, 0.5) is 9.18 Å². The molecule has 0 radical (unpaired) electrons. The van der Waals surface area contributed by atoms with Gasteiger partial charge in [0.2, 0.25) is 0 Å². The number of rotatable bonds is 5. The molecule has 2 aliphatic rings. The third-order valence-corrected chi connectivity index (χ3v) is 7.15. The molecule has 162 valence electrons. The molecule has 3 N–H and O–H groups in total. The lowest BCUT2D eigenvalue weighted by Gasteiger charge is -2.49. The van der Waals surface area contributed by atoms with Crippen LogP contribution in [0, 0.1) is 0 Å². The Kier molecular flexibility index (Phi) is 4.77. The largest absolute Gasteiger partial charge is 0.465 e. The Morgan fingerprint density at radius 1 is 1.26 bits per heavy atom. The summed E-state index contributed by atoms with van der Waals surface area (Å²) in [7, 11) is 0. The molecule has 31 heavy (non-hydrogen) atoms. The molecule has 3 aromatic rings. The van der Waals surface area contributed by atoms with Crippen molar-refractivity contribution in [2.75, 3.05) is 13.1 Å². The average molecular weight is 422 g/mol. The highest BCUT2D eigenvalue weighted by molar-refractivity contribution is 5.80. The predicted octanol–water partition coefficient (Wildman–Crippen LogP) is 5.01. The normalized spacial score (nSPS) is 30.5. The lowest BCUT2D eigenvalue weighted by atomic mass is 9.75. The van der Waals surface area contributed by atoms with E-state index in [2.05, 4.69) is 22.4 Å². The fourth-order valence-corrected chi connectivity index (χ4v) is 5.27. The molecule has 2 unspecified atom stereocenters. The summed E-state index contributed by atoms with van der Waals surface area (Å²) < 4.78 is 16.1. The number of hydrogen-bond acceptors (Lipinski definition) is 2. The summed E-state index contributed by atoms with van der Waals surface area (Å²) in [6.07, 6.45) is 2.21. The van der Waals surface area contributed by atoms with Crippen molar-refractivity contribution >= 4 is 17.0 Å². The standard InChI is InChI=1S/C25H28FN3O2/c1-24(19-7-8-21-18(13-19)9-11-27-21)15-25(26,10-12-29(24)23(30)31)16-28-22-14-20(22)17-5-3-2-4-6-17/h2-9,11,13,20,22,27-28H,10,12,14-16H2,1H3,(H,30,31)/t20-,22+,24?,25?/m0/s1. The molecule has 4 atom stereocenters. The molecule has 1 aromatic heterocycles. The Hall–Kier alpha value is -2.86. The van der Waals surface area contributed by atoms with E-state index in [0.717, 1.165) is 22.9 Å². The van der Waals surface area contributed by atoms with E-state index in [-0.39, 0.29) is 32.0 Å². The van der Waals surface area contributed by atoms with Gasteiger partial charge in [-0.3, -0.25) is 4.90 Å². The number of halogens is 1. The van der Waals surface area contributed by atoms with Crippen LogP contribution < -0.4 is 5.32 Å². The number of carbonyl (C=O) groups is 1. The first kappa shape index (κ1) is 20.1. The molecule has 1 amide bonds. The van der Waals surface area contributed by atoms with E-state index in [1.165, 1.54) is 10.5 Å². The van der Waals surface area contributed by atoms with Crippen molar-refractivity contribution < 1.29 is 14.3 Å². The molecule has 1 saturated carbocycles. The summed E-state index contributed by atoms with van der Waals surface area (Å²) in [6, 6.07) is 18.4. The van der Waals surface area contributed by atoms with Gasteiger partial charge in [0.25, 0.3) is 0 Å². The zero-order chi connectivity index (χ0) is 21.6. The lowest BCUT2D eigenvalue weighted by Crippen LogP contribution is -2.58. The van der Waals surface area contributed by atoms with Crippen molar-refractivity contribution in [3.05, 3.63) is 71.9 Å². The second-order valence-electron chi connectivity index (χ2n) is 9.31. The van der Waals surface area contributed by atoms with Gasteiger partial charge in [-0.05, 0) is 48.1 Å². The van der Waals surface area contributed by atoms with Crippen molar-refractivity contribution in [2.45, 2.75) is 49.4 Å². The van der Waals surface area contributed by atoms with Crippen LogP contribution in [0.2, 0.25) is 0 Å². The number of likely N-dealkylation sites (tertiary alicyclic amines) is 1. The smallest absolute Gasteiger partial charge is 0.408 e. The van der Waals surface area contributed by atoms with Crippen molar-refractivity contribution in [3.8, 4) is 0 Å². The second kappa shape index (κ2) is 7.38. The van der Waals surface area contributed by atoms with Crippen molar-refractivity contribution in [2.24, 2.45) is 0 Å². The summed E-state index contributed by atoms with van der Waals surface area (Å²) in [5.74, 6) is 0.436. The molecule has 2 heterocycles. The number of H-pyrrole nitrogens is 1. The highest BCUT2D eigenvalue weighted by Gasteiger charge is 2.51. The van der Waals surface area contributed by atoms with E-state index in [1.807, 2.05) is 55.6 Å². The van der Waals surface area contributed by atoms with E-state index in [4.69, 9.17) is 0 Å². The summed E-state index contributed by atoms with van der Waals surface area (Å²) in [5, 5.41) is 14.3.